The van der Waals surface area contributed by atoms with Crippen LogP contribution in [0.3, 0.4) is 0 Å². The van der Waals surface area contributed by atoms with E-state index in [0.29, 0.717) is 5.65 Å². The minimum Gasteiger partial charge on any atom is -0.457 e. The Morgan fingerprint density at radius 2 is 1.65 bits per heavy atom. The molecule has 5 heteroatoms. The van der Waals surface area contributed by atoms with Gasteiger partial charge in [-0.2, -0.15) is 0 Å². The first kappa shape index (κ1) is 13.3. The molecule has 2 aromatic heterocycles. The monoisotopic (exact) mass is 302 g/mol. The van der Waals surface area contributed by atoms with Gasteiger partial charge in [0, 0.05) is 23.3 Å². The number of fused-ring (bicyclic) bond motifs is 1. The zero-order chi connectivity index (χ0) is 15.6. The van der Waals surface area contributed by atoms with Gasteiger partial charge >= 0.3 is 0 Å². The van der Waals surface area contributed by atoms with E-state index < -0.39 is 0 Å². The average Bonchev–Trinajstić information content (AvgIpc) is 2.94. The number of rotatable bonds is 3. The van der Waals surface area contributed by atoms with Crippen LogP contribution >= 0.6 is 0 Å². The van der Waals surface area contributed by atoms with Crippen LogP contribution in [0.15, 0.2) is 73.3 Å². The van der Waals surface area contributed by atoms with Gasteiger partial charge < -0.3 is 10.6 Å². The lowest BCUT2D eigenvalue weighted by molar-refractivity contribution is 0.483. The van der Waals surface area contributed by atoms with E-state index in [1.807, 2.05) is 60.8 Å². The van der Waals surface area contributed by atoms with Gasteiger partial charge in [-0.15, -0.1) is 0 Å². The Bertz CT molecular complexity index is 946. The van der Waals surface area contributed by atoms with Crippen molar-refractivity contribution in [2.45, 2.75) is 0 Å². The van der Waals surface area contributed by atoms with Crippen molar-refractivity contribution >= 4 is 11.0 Å². The first-order valence-corrected chi connectivity index (χ1v) is 7.21. The molecule has 0 aliphatic carbocycles. The molecule has 0 aliphatic rings. The van der Waals surface area contributed by atoms with Crippen molar-refractivity contribution in [1.82, 2.24) is 14.6 Å². The van der Waals surface area contributed by atoms with Gasteiger partial charge in [-0.1, -0.05) is 30.3 Å². The normalized spacial score (nSPS) is 10.8. The van der Waals surface area contributed by atoms with Gasteiger partial charge in [0.25, 0.3) is 0 Å². The first-order valence-electron chi connectivity index (χ1n) is 7.21. The zero-order valence-corrected chi connectivity index (χ0v) is 12.3. The predicted octanol–water partition coefficient (Wildman–Crippen LogP) is 3.60. The Kier molecular flexibility index (Phi) is 3.16. The van der Waals surface area contributed by atoms with Crippen LogP contribution in [0, 0.1) is 0 Å². The van der Waals surface area contributed by atoms with Crippen LogP contribution in [0.5, 0.6) is 11.5 Å². The van der Waals surface area contributed by atoms with Gasteiger partial charge in [-0.3, -0.25) is 4.68 Å². The zero-order valence-electron chi connectivity index (χ0n) is 12.3. The van der Waals surface area contributed by atoms with Gasteiger partial charge in [-0.25, -0.2) is 9.97 Å². The van der Waals surface area contributed by atoms with Crippen LogP contribution in [0.4, 0.5) is 0 Å². The largest absolute Gasteiger partial charge is 0.457 e. The van der Waals surface area contributed by atoms with Crippen LogP contribution in [-0.2, 0) is 0 Å². The lowest BCUT2D eigenvalue weighted by Crippen LogP contribution is -2.06. The summed E-state index contributed by atoms with van der Waals surface area (Å²) >= 11 is 0. The van der Waals surface area contributed by atoms with Gasteiger partial charge in [0.15, 0.2) is 5.65 Å². The molecule has 0 spiro atoms. The van der Waals surface area contributed by atoms with E-state index in [9.17, 15) is 0 Å². The van der Waals surface area contributed by atoms with Gasteiger partial charge in [0.1, 0.15) is 17.8 Å². The van der Waals surface area contributed by atoms with E-state index >= 15 is 0 Å². The third-order valence-electron chi connectivity index (χ3n) is 3.64. The molecule has 0 saturated carbocycles. The molecule has 2 aromatic carbocycles. The third-order valence-corrected chi connectivity index (χ3v) is 3.64. The van der Waals surface area contributed by atoms with Crippen molar-refractivity contribution in [2.75, 3.05) is 5.84 Å². The average molecular weight is 302 g/mol. The molecule has 2 N–H and O–H groups in total. The van der Waals surface area contributed by atoms with Crippen LogP contribution in [0.2, 0.25) is 0 Å². The second-order valence-electron chi connectivity index (χ2n) is 5.15. The SMILES string of the molecule is Nn1cc(-c2ccc(Oc3ccccc3)cc2)c2cncnc21. The highest BCUT2D eigenvalue weighted by atomic mass is 16.5. The van der Waals surface area contributed by atoms with Gasteiger partial charge in [-0.05, 0) is 29.8 Å². The number of aromatic nitrogens is 3. The summed E-state index contributed by atoms with van der Waals surface area (Å²) in [5, 5.41) is 0.923. The number of hydrogen-bond donors (Lipinski definition) is 1. The number of hydrogen-bond acceptors (Lipinski definition) is 4. The predicted molar refractivity (Wildman–Crippen MR) is 89.6 cm³/mol. The molecular weight excluding hydrogens is 288 g/mol. The molecule has 2 heterocycles. The summed E-state index contributed by atoms with van der Waals surface area (Å²) in [6.07, 6.45) is 5.12. The molecule has 0 aliphatic heterocycles. The minimum absolute atomic E-state index is 0.708. The fourth-order valence-corrected chi connectivity index (χ4v) is 2.55. The van der Waals surface area contributed by atoms with Crippen molar-refractivity contribution in [3.05, 3.63) is 73.3 Å². The van der Waals surface area contributed by atoms with Crippen LogP contribution in [-0.4, -0.2) is 14.6 Å². The summed E-state index contributed by atoms with van der Waals surface area (Å²) in [5.41, 5.74) is 2.74. The molecule has 112 valence electrons. The molecule has 0 fully saturated rings. The number of nitrogen functional groups attached to an aromatic ring is 1. The molecule has 0 bridgehead atoms. The van der Waals surface area contributed by atoms with Crippen molar-refractivity contribution in [2.24, 2.45) is 0 Å². The fourth-order valence-electron chi connectivity index (χ4n) is 2.55. The van der Waals surface area contributed by atoms with Crippen molar-refractivity contribution < 1.29 is 4.74 Å². The molecule has 0 saturated heterocycles. The maximum atomic E-state index is 5.95. The molecule has 0 radical (unpaired) electrons. The summed E-state index contributed by atoms with van der Waals surface area (Å²) in [5.74, 6) is 7.55. The standard InChI is InChI=1S/C18H14N4O/c19-22-11-17(16-10-20-12-21-18(16)22)13-6-8-15(9-7-13)23-14-4-2-1-3-5-14/h1-12H,19H2. The van der Waals surface area contributed by atoms with E-state index in [-0.39, 0.29) is 0 Å². The molecule has 5 nitrogen and oxygen atoms in total. The lowest BCUT2D eigenvalue weighted by atomic mass is 10.1. The summed E-state index contributed by atoms with van der Waals surface area (Å²) in [6.45, 7) is 0. The lowest BCUT2D eigenvalue weighted by Gasteiger charge is -2.06. The fraction of sp³-hybridized carbons (Fsp3) is 0. The van der Waals surface area contributed by atoms with Crippen molar-refractivity contribution in [3.63, 3.8) is 0 Å². The molecule has 0 amide bonds. The molecule has 0 atom stereocenters. The summed E-state index contributed by atoms with van der Waals surface area (Å²) in [6, 6.07) is 17.6. The Morgan fingerprint density at radius 1 is 0.913 bits per heavy atom. The molecule has 4 aromatic rings. The molecular formula is C18H14N4O. The topological polar surface area (TPSA) is 66.0 Å². The number of nitrogens with two attached hydrogens (primary N) is 1. The number of ether oxygens (including phenoxy) is 1. The number of nitrogens with zero attached hydrogens (tertiary/aromatic N) is 3. The maximum Gasteiger partial charge on any atom is 0.162 e. The van der Waals surface area contributed by atoms with E-state index in [4.69, 9.17) is 10.6 Å². The quantitative estimate of drug-likeness (QED) is 0.587. The second kappa shape index (κ2) is 5.46. The summed E-state index contributed by atoms with van der Waals surface area (Å²) in [7, 11) is 0. The number of benzene rings is 2. The van der Waals surface area contributed by atoms with E-state index in [0.717, 1.165) is 28.0 Å². The Labute approximate surface area is 133 Å². The highest BCUT2D eigenvalue weighted by Crippen LogP contribution is 2.30. The van der Waals surface area contributed by atoms with Crippen LogP contribution in [0.25, 0.3) is 22.2 Å². The number of para-hydroxylation sites is 1. The highest BCUT2D eigenvalue weighted by molar-refractivity contribution is 5.93. The van der Waals surface area contributed by atoms with Crippen molar-refractivity contribution in [3.8, 4) is 22.6 Å². The first-order chi connectivity index (χ1) is 11.3. The van der Waals surface area contributed by atoms with Crippen LogP contribution < -0.4 is 10.6 Å². The Morgan fingerprint density at radius 3 is 2.43 bits per heavy atom. The summed E-state index contributed by atoms with van der Waals surface area (Å²) in [4.78, 5) is 8.28. The molecule has 23 heavy (non-hydrogen) atoms. The minimum atomic E-state index is 0.708. The van der Waals surface area contributed by atoms with E-state index in [1.165, 1.54) is 11.0 Å². The Hall–Kier alpha value is -3.34. The molecule has 4 rings (SSSR count). The van der Waals surface area contributed by atoms with E-state index in [1.54, 1.807) is 6.20 Å². The smallest absolute Gasteiger partial charge is 0.162 e. The molecule has 0 unspecified atom stereocenters. The van der Waals surface area contributed by atoms with Gasteiger partial charge in [0.2, 0.25) is 0 Å². The van der Waals surface area contributed by atoms with Gasteiger partial charge in [0.05, 0.1) is 0 Å². The van der Waals surface area contributed by atoms with Crippen molar-refractivity contribution in [1.29, 1.82) is 0 Å². The van der Waals surface area contributed by atoms with E-state index in [2.05, 4.69) is 9.97 Å². The second-order valence-corrected chi connectivity index (χ2v) is 5.15. The van der Waals surface area contributed by atoms with Crippen LogP contribution in [0.1, 0.15) is 0 Å². The maximum absolute atomic E-state index is 5.95. The highest BCUT2D eigenvalue weighted by Gasteiger charge is 2.10. The Balaban J connectivity index is 1.67. The summed E-state index contributed by atoms with van der Waals surface area (Å²) < 4.78 is 7.32. The third kappa shape index (κ3) is 2.48.